The molecule has 0 radical (unpaired) electrons. The molecule has 0 atom stereocenters. The zero-order valence-electron chi connectivity index (χ0n) is 14.9. The second-order valence-electron chi connectivity index (χ2n) is 5.55. The maximum atomic E-state index is 6.09. The third kappa shape index (κ3) is 6.61. The molecule has 0 saturated heterocycles. The van der Waals surface area contributed by atoms with Crippen LogP contribution in [0.2, 0.25) is 0 Å². The molecule has 0 aliphatic heterocycles. The van der Waals surface area contributed by atoms with Crippen LogP contribution in [0.15, 0.2) is 60.7 Å². The van der Waals surface area contributed by atoms with E-state index < -0.39 is 8.56 Å². The minimum absolute atomic E-state index is 0.600. The molecule has 2 aromatic carbocycles. The lowest BCUT2D eigenvalue weighted by atomic mass is 10.2. The summed E-state index contributed by atoms with van der Waals surface area (Å²) in [6.45, 7) is 5.36. The highest BCUT2D eigenvalue weighted by Gasteiger charge is 2.35. The maximum absolute atomic E-state index is 6.09. The van der Waals surface area contributed by atoms with Crippen molar-refractivity contribution < 1.29 is 8.85 Å². The van der Waals surface area contributed by atoms with Gasteiger partial charge >= 0.3 is 8.56 Å². The molecular weight excluding hydrogens is 324 g/mol. The Kier molecular flexibility index (Phi) is 8.02. The van der Waals surface area contributed by atoms with Crippen LogP contribution in [0.4, 0.5) is 0 Å². The second kappa shape index (κ2) is 10.5. The van der Waals surface area contributed by atoms with Crippen LogP contribution in [-0.2, 0) is 8.85 Å². The van der Waals surface area contributed by atoms with E-state index in [0.29, 0.717) is 13.2 Å². The summed E-state index contributed by atoms with van der Waals surface area (Å²) >= 11 is 0. The van der Waals surface area contributed by atoms with Crippen LogP contribution in [0.3, 0.4) is 0 Å². The minimum atomic E-state index is -2.93. The molecule has 0 aliphatic carbocycles. The van der Waals surface area contributed by atoms with Crippen LogP contribution in [0, 0.1) is 22.9 Å². The van der Waals surface area contributed by atoms with Crippen molar-refractivity contribution in [3.63, 3.8) is 0 Å². The molecule has 0 aromatic heterocycles. The fourth-order valence-electron chi connectivity index (χ4n) is 2.06. The Labute approximate surface area is 152 Å². The molecule has 3 heteroatoms. The maximum Gasteiger partial charge on any atom is 0.511 e. The molecule has 0 unspecified atom stereocenters. The molecule has 2 nitrogen and oxygen atoms in total. The summed E-state index contributed by atoms with van der Waals surface area (Å²) in [5.41, 5.74) is 8.41. The molecule has 2 rings (SSSR count). The Morgan fingerprint density at radius 1 is 0.680 bits per heavy atom. The van der Waals surface area contributed by atoms with Crippen LogP contribution >= 0.6 is 0 Å². The topological polar surface area (TPSA) is 18.5 Å². The van der Waals surface area contributed by atoms with E-state index in [4.69, 9.17) is 8.85 Å². The van der Waals surface area contributed by atoms with Gasteiger partial charge in [0, 0.05) is 24.3 Å². The molecule has 0 saturated carbocycles. The van der Waals surface area contributed by atoms with Crippen LogP contribution in [0.1, 0.15) is 37.8 Å². The fraction of sp³-hybridized carbons (Fsp3) is 0.273. The van der Waals surface area contributed by atoms with E-state index >= 15 is 0 Å². The van der Waals surface area contributed by atoms with Gasteiger partial charge in [-0.2, -0.15) is 0 Å². The van der Waals surface area contributed by atoms with Crippen molar-refractivity contribution in [1.29, 1.82) is 0 Å². The largest absolute Gasteiger partial charge is 0.511 e. The summed E-state index contributed by atoms with van der Waals surface area (Å²) in [4.78, 5) is 0. The van der Waals surface area contributed by atoms with E-state index in [1.54, 1.807) is 0 Å². The van der Waals surface area contributed by atoms with Gasteiger partial charge in [0.05, 0.1) is 0 Å². The van der Waals surface area contributed by atoms with Gasteiger partial charge in [0.25, 0.3) is 0 Å². The molecule has 0 bridgehead atoms. The third-order valence-electron chi connectivity index (χ3n) is 3.31. The van der Waals surface area contributed by atoms with Gasteiger partial charge in [0.1, 0.15) is 0 Å². The number of hydrogen-bond donors (Lipinski definition) is 0. The van der Waals surface area contributed by atoms with Gasteiger partial charge in [0.2, 0.25) is 0 Å². The first-order valence-corrected chi connectivity index (χ1v) is 10.5. The zero-order valence-corrected chi connectivity index (χ0v) is 15.9. The fourth-order valence-corrected chi connectivity index (χ4v) is 4.10. The highest BCUT2D eigenvalue weighted by Crippen LogP contribution is 2.09. The van der Waals surface area contributed by atoms with E-state index in [0.717, 1.165) is 24.0 Å². The average molecular weight is 349 g/mol. The second-order valence-corrected chi connectivity index (χ2v) is 7.86. The summed E-state index contributed by atoms with van der Waals surface area (Å²) in [6.07, 6.45) is 1.81. The predicted molar refractivity (Wildman–Crippen MR) is 105 cm³/mol. The molecule has 2 aromatic rings. The first-order valence-electron chi connectivity index (χ1n) is 8.72. The molecule has 0 N–H and O–H groups in total. The van der Waals surface area contributed by atoms with Crippen LogP contribution in [-0.4, -0.2) is 21.8 Å². The normalized spacial score (nSPS) is 10.3. The van der Waals surface area contributed by atoms with E-state index in [1.807, 2.05) is 60.7 Å². The molecule has 0 heterocycles. The average Bonchev–Trinajstić information content (AvgIpc) is 2.68. The van der Waals surface area contributed by atoms with Crippen LogP contribution in [0.25, 0.3) is 0 Å². The van der Waals surface area contributed by atoms with Crippen molar-refractivity contribution >= 4 is 8.56 Å². The summed E-state index contributed by atoms with van der Waals surface area (Å²) < 4.78 is 12.2. The minimum Gasteiger partial charge on any atom is -0.376 e. The smallest absolute Gasteiger partial charge is 0.376 e. The monoisotopic (exact) mass is 348 g/mol. The lowest BCUT2D eigenvalue weighted by Crippen LogP contribution is -2.41. The van der Waals surface area contributed by atoms with Crippen LogP contribution < -0.4 is 0 Å². The Bertz CT molecular complexity index is 681. The first-order chi connectivity index (χ1) is 12.3. The highest BCUT2D eigenvalue weighted by molar-refractivity contribution is 6.83. The molecule has 0 amide bonds. The lowest BCUT2D eigenvalue weighted by molar-refractivity contribution is 0.193. The van der Waals surface area contributed by atoms with E-state index in [1.165, 1.54) is 0 Å². The van der Waals surface area contributed by atoms with Crippen molar-refractivity contribution in [3.8, 4) is 22.9 Å². The lowest BCUT2D eigenvalue weighted by Gasteiger charge is -2.19. The van der Waals surface area contributed by atoms with Gasteiger partial charge in [-0.3, -0.25) is 0 Å². The van der Waals surface area contributed by atoms with Gasteiger partial charge in [-0.05, 0) is 37.1 Å². The molecule has 128 valence electrons. The van der Waals surface area contributed by atoms with Gasteiger partial charge in [-0.25, -0.2) is 0 Å². The first kappa shape index (κ1) is 19.0. The predicted octanol–water partition coefficient (Wildman–Crippen LogP) is 4.46. The van der Waals surface area contributed by atoms with Gasteiger partial charge in [-0.15, -0.1) is 0 Å². The van der Waals surface area contributed by atoms with Crippen molar-refractivity contribution in [1.82, 2.24) is 0 Å². The molecule has 0 spiro atoms. The molecule has 0 aliphatic rings. The zero-order chi connectivity index (χ0) is 17.8. The van der Waals surface area contributed by atoms with Gasteiger partial charge < -0.3 is 8.85 Å². The molecule has 0 fully saturated rings. The van der Waals surface area contributed by atoms with Crippen molar-refractivity contribution in [2.75, 3.05) is 13.2 Å². The summed E-state index contributed by atoms with van der Waals surface area (Å²) in [5.74, 6) is 6.40. The van der Waals surface area contributed by atoms with E-state index in [-0.39, 0.29) is 0 Å². The van der Waals surface area contributed by atoms with Crippen molar-refractivity contribution in [3.05, 3.63) is 71.8 Å². The number of hydrogen-bond acceptors (Lipinski definition) is 2. The summed E-state index contributed by atoms with van der Waals surface area (Å²) in [5, 5.41) is 0. The van der Waals surface area contributed by atoms with Gasteiger partial charge in [0.15, 0.2) is 0 Å². The Hall–Kier alpha value is -2.30. The standard InChI is InChI=1S/C22H24O2Si/c1-3-17-23-25(24-18-4-2,19-15-21-11-7-5-8-12-21)20-16-22-13-9-6-10-14-22/h5-14H,3-4,17-18H2,1-2H3. The van der Waals surface area contributed by atoms with Gasteiger partial charge in [-0.1, -0.05) is 73.2 Å². The molecular formula is C22H24O2Si. The highest BCUT2D eigenvalue weighted by atomic mass is 28.4. The Balaban J connectivity index is 2.37. The number of benzene rings is 2. The Morgan fingerprint density at radius 3 is 1.44 bits per heavy atom. The quantitative estimate of drug-likeness (QED) is 0.567. The summed E-state index contributed by atoms with van der Waals surface area (Å²) in [6, 6.07) is 19.8. The Morgan fingerprint density at radius 2 is 1.08 bits per heavy atom. The van der Waals surface area contributed by atoms with E-state index in [9.17, 15) is 0 Å². The third-order valence-corrected chi connectivity index (χ3v) is 5.44. The van der Waals surface area contributed by atoms with Crippen LogP contribution in [0.5, 0.6) is 0 Å². The molecule has 25 heavy (non-hydrogen) atoms. The van der Waals surface area contributed by atoms with Crippen molar-refractivity contribution in [2.24, 2.45) is 0 Å². The van der Waals surface area contributed by atoms with E-state index in [2.05, 4.69) is 36.8 Å². The van der Waals surface area contributed by atoms with Crippen molar-refractivity contribution in [2.45, 2.75) is 26.7 Å². The SMILES string of the molecule is CCCO[Si](C#Cc1ccccc1)(C#Cc1ccccc1)OCCC. The summed E-state index contributed by atoms with van der Waals surface area (Å²) in [7, 11) is -2.93. The number of rotatable bonds is 6.